The number of nitro groups is 1. The lowest BCUT2D eigenvalue weighted by molar-refractivity contribution is -0.384. The van der Waals surface area contributed by atoms with Crippen molar-refractivity contribution in [2.24, 2.45) is 0 Å². The van der Waals surface area contributed by atoms with Crippen molar-refractivity contribution in [1.29, 1.82) is 0 Å². The number of imidazole rings is 1. The molecule has 2 aromatic heterocycles. The molecule has 0 aliphatic rings. The zero-order chi connectivity index (χ0) is 28.3. The van der Waals surface area contributed by atoms with Gasteiger partial charge in [-0.3, -0.25) is 14.9 Å². The van der Waals surface area contributed by atoms with Crippen molar-refractivity contribution in [2.45, 2.75) is 25.6 Å². The van der Waals surface area contributed by atoms with Crippen LogP contribution in [0.25, 0.3) is 28.0 Å². The molecule has 2 heterocycles. The highest BCUT2D eigenvalue weighted by Crippen LogP contribution is 2.31. The maximum atomic E-state index is 13.0. The minimum absolute atomic E-state index is 0.0384. The van der Waals surface area contributed by atoms with E-state index in [9.17, 15) is 28.1 Å². The van der Waals surface area contributed by atoms with E-state index in [1.807, 2.05) is 53.1 Å². The summed E-state index contributed by atoms with van der Waals surface area (Å²) in [7, 11) is 0. The number of nitro benzene ring substituents is 1. The van der Waals surface area contributed by atoms with Gasteiger partial charge < -0.3 is 9.72 Å². The lowest BCUT2D eigenvalue weighted by Gasteiger charge is -2.10. The molecule has 0 fully saturated rings. The second-order valence-electron chi connectivity index (χ2n) is 9.20. The molecule has 5 rings (SSSR count). The summed E-state index contributed by atoms with van der Waals surface area (Å²) in [6.07, 6.45) is -2.19. The predicted octanol–water partition coefficient (Wildman–Crippen LogP) is 6.84. The number of nitrogens with one attached hydrogen (secondary N) is 1. The number of hydrogen-bond donors (Lipinski definition) is 1. The number of nitrogens with zero attached hydrogens (tertiary/aromatic N) is 3. The van der Waals surface area contributed by atoms with Gasteiger partial charge in [-0.1, -0.05) is 42.5 Å². The number of fused-ring (bicyclic) bond motifs is 1. The van der Waals surface area contributed by atoms with E-state index in [2.05, 4.69) is 5.32 Å². The molecule has 202 valence electrons. The molecule has 0 unspecified atom stereocenters. The first-order valence-electron chi connectivity index (χ1n) is 12.4. The average molecular weight is 545 g/mol. The molecule has 0 aliphatic carbocycles. The molecule has 0 aliphatic heterocycles. The van der Waals surface area contributed by atoms with Crippen molar-refractivity contribution < 1.29 is 22.9 Å². The third-order valence-corrected chi connectivity index (χ3v) is 6.51. The second-order valence-corrected chi connectivity index (χ2v) is 9.20. The maximum Gasteiger partial charge on any atom is 0.416 e. The van der Waals surface area contributed by atoms with E-state index in [4.69, 9.17) is 4.98 Å². The molecule has 40 heavy (non-hydrogen) atoms. The predicted molar refractivity (Wildman–Crippen MR) is 144 cm³/mol. The van der Waals surface area contributed by atoms with Crippen LogP contribution in [0.1, 0.15) is 23.2 Å². The molecule has 0 saturated carbocycles. The molecule has 1 amide bonds. The number of hydrogen-bond acceptors (Lipinski definition) is 4. The average Bonchev–Trinajstić information content (AvgIpc) is 3.33. The first kappa shape index (κ1) is 26.6. The largest absolute Gasteiger partial charge is 0.416 e. The number of halogens is 3. The zero-order valence-electron chi connectivity index (χ0n) is 21.1. The van der Waals surface area contributed by atoms with E-state index >= 15 is 0 Å². The minimum Gasteiger partial charge on any atom is -0.352 e. The van der Waals surface area contributed by atoms with Crippen LogP contribution >= 0.6 is 0 Å². The Hall–Kier alpha value is -4.99. The zero-order valence-corrected chi connectivity index (χ0v) is 21.1. The van der Waals surface area contributed by atoms with Crippen molar-refractivity contribution in [3.05, 3.63) is 124 Å². The van der Waals surface area contributed by atoms with E-state index in [0.717, 1.165) is 29.0 Å². The maximum absolute atomic E-state index is 13.0. The standard InChI is InChI=1S/C30H23F3N4O3/c31-30(32,33)24-8-4-5-20(17-24)18-34-28(38)16-14-26-29(22-9-12-25(13-10-22)37(39)40)35-27-15-11-23(19-36(26)27)21-6-2-1-3-7-21/h1-13,15,17,19H,14,16,18H2,(H,34,38). The van der Waals surface area contributed by atoms with Gasteiger partial charge in [0, 0.05) is 36.9 Å². The molecule has 0 radical (unpaired) electrons. The number of aromatic nitrogens is 2. The van der Waals surface area contributed by atoms with Gasteiger partial charge in [0.2, 0.25) is 5.91 Å². The first-order chi connectivity index (χ1) is 19.2. The molecule has 10 heteroatoms. The van der Waals surface area contributed by atoms with Crippen molar-refractivity contribution in [2.75, 3.05) is 0 Å². The summed E-state index contributed by atoms with van der Waals surface area (Å²) in [4.78, 5) is 28.1. The number of pyridine rings is 1. The summed E-state index contributed by atoms with van der Waals surface area (Å²) in [5.41, 5.74) is 4.10. The summed E-state index contributed by atoms with van der Waals surface area (Å²) in [5.74, 6) is -0.332. The van der Waals surface area contributed by atoms with Crippen molar-refractivity contribution >= 4 is 17.2 Å². The van der Waals surface area contributed by atoms with E-state index in [1.165, 1.54) is 24.3 Å². The quantitative estimate of drug-likeness (QED) is 0.171. The summed E-state index contributed by atoms with van der Waals surface area (Å²) in [6.45, 7) is -0.0384. The van der Waals surface area contributed by atoms with Crippen LogP contribution in [-0.4, -0.2) is 20.2 Å². The van der Waals surface area contributed by atoms with Gasteiger partial charge in [0.25, 0.3) is 5.69 Å². The number of rotatable bonds is 8. The van der Waals surface area contributed by atoms with Gasteiger partial charge in [-0.05, 0) is 59.5 Å². The van der Waals surface area contributed by atoms with Crippen LogP contribution in [-0.2, 0) is 23.9 Å². The van der Waals surface area contributed by atoms with Crippen LogP contribution in [0.2, 0.25) is 0 Å². The smallest absolute Gasteiger partial charge is 0.352 e. The van der Waals surface area contributed by atoms with E-state index in [0.29, 0.717) is 22.5 Å². The number of aryl methyl sites for hydroxylation is 1. The molecule has 5 aromatic rings. The summed E-state index contributed by atoms with van der Waals surface area (Å²) in [6, 6.07) is 24.5. The fourth-order valence-electron chi connectivity index (χ4n) is 4.48. The SMILES string of the molecule is O=C(CCc1c(-c2ccc([N+](=O)[O-])cc2)nc2ccc(-c3ccccc3)cn12)NCc1cccc(C(F)(F)F)c1. The summed E-state index contributed by atoms with van der Waals surface area (Å²) >= 11 is 0. The van der Waals surface area contributed by atoms with Gasteiger partial charge >= 0.3 is 6.18 Å². The second kappa shape index (κ2) is 11.0. The van der Waals surface area contributed by atoms with E-state index in [1.54, 1.807) is 12.1 Å². The number of non-ortho nitro benzene ring substituents is 1. The molecule has 0 atom stereocenters. The number of amides is 1. The lowest BCUT2D eigenvalue weighted by atomic mass is 10.1. The van der Waals surface area contributed by atoms with Crippen LogP contribution in [0.5, 0.6) is 0 Å². The van der Waals surface area contributed by atoms with Gasteiger partial charge in [-0.2, -0.15) is 13.2 Å². The van der Waals surface area contributed by atoms with E-state index in [-0.39, 0.29) is 31.0 Å². The van der Waals surface area contributed by atoms with Gasteiger partial charge in [0.05, 0.1) is 21.9 Å². The Kier molecular flexibility index (Phi) is 7.33. The Labute approximate surface area is 227 Å². The van der Waals surface area contributed by atoms with Gasteiger partial charge in [-0.25, -0.2) is 4.98 Å². The molecule has 7 nitrogen and oxygen atoms in total. The molecule has 0 spiro atoms. The molecular weight excluding hydrogens is 521 g/mol. The monoisotopic (exact) mass is 544 g/mol. The van der Waals surface area contributed by atoms with Gasteiger partial charge in [0.15, 0.2) is 0 Å². The Morgan fingerprint density at radius 1 is 0.900 bits per heavy atom. The third kappa shape index (κ3) is 5.85. The molecular formula is C30H23F3N4O3. The van der Waals surface area contributed by atoms with Crippen LogP contribution in [0.3, 0.4) is 0 Å². The molecule has 1 N–H and O–H groups in total. The Balaban J connectivity index is 1.41. The fourth-order valence-corrected chi connectivity index (χ4v) is 4.48. The molecule has 0 bridgehead atoms. The highest BCUT2D eigenvalue weighted by molar-refractivity contribution is 5.77. The molecule has 3 aromatic carbocycles. The van der Waals surface area contributed by atoms with Crippen molar-refractivity contribution in [3.8, 4) is 22.4 Å². The van der Waals surface area contributed by atoms with Crippen LogP contribution in [0.4, 0.5) is 18.9 Å². The number of benzene rings is 3. The Morgan fingerprint density at radius 2 is 1.62 bits per heavy atom. The highest BCUT2D eigenvalue weighted by Gasteiger charge is 2.30. The third-order valence-electron chi connectivity index (χ3n) is 6.51. The Bertz CT molecular complexity index is 1680. The molecule has 0 saturated heterocycles. The lowest BCUT2D eigenvalue weighted by Crippen LogP contribution is -2.23. The summed E-state index contributed by atoms with van der Waals surface area (Å²) < 4.78 is 41.0. The summed E-state index contributed by atoms with van der Waals surface area (Å²) in [5, 5.41) is 13.8. The highest BCUT2D eigenvalue weighted by atomic mass is 19.4. The first-order valence-corrected chi connectivity index (χ1v) is 12.4. The van der Waals surface area contributed by atoms with Gasteiger partial charge in [0.1, 0.15) is 5.65 Å². The minimum atomic E-state index is -4.46. The van der Waals surface area contributed by atoms with Crippen LogP contribution < -0.4 is 5.32 Å². The topological polar surface area (TPSA) is 89.5 Å². The number of carbonyl (C=O) groups excluding carboxylic acids is 1. The van der Waals surface area contributed by atoms with Crippen LogP contribution in [0.15, 0.2) is 97.2 Å². The normalized spacial score (nSPS) is 11.5. The number of alkyl halides is 3. The van der Waals surface area contributed by atoms with Gasteiger partial charge in [-0.15, -0.1) is 0 Å². The Morgan fingerprint density at radius 3 is 2.33 bits per heavy atom. The number of carbonyl (C=O) groups is 1. The van der Waals surface area contributed by atoms with Crippen molar-refractivity contribution in [3.63, 3.8) is 0 Å². The van der Waals surface area contributed by atoms with Crippen molar-refractivity contribution in [1.82, 2.24) is 14.7 Å². The fraction of sp³-hybridized carbons (Fsp3) is 0.133. The van der Waals surface area contributed by atoms with Crippen LogP contribution in [0, 0.1) is 10.1 Å². The van der Waals surface area contributed by atoms with E-state index < -0.39 is 16.7 Å².